The van der Waals surface area contributed by atoms with Gasteiger partial charge in [0.15, 0.2) is 5.82 Å². The Bertz CT molecular complexity index is 862. The summed E-state index contributed by atoms with van der Waals surface area (Å²) in [5.74, 6) is -0.895. The number of nitrogens with zero attached hydrogens (tertiary/aromatic N) is 3. The van der Waals surface area contributed by atoms with Crippen LogP contribution in [-0.2, 0) is 11.2 Å². The number of anilines is 1. The lowest BCUT2D eigenvalue weighted by molar-refractivity contribution is -0.117. The van der Waals surface area contributed by atoms with Gasteiger partial charge >= 0.3 is 0 Å². The molecule has 1 aromatic heterocycles. The second-order valence-corrected chi connectivity index (χ2v) is 5.96. The molecule has 0 saturated heterocycles. The maximum atomic E-state index is 13.1. The first-order valence-electron chi connectivity index (χ1n) is 7.89. The van der Waals surface area contributed by atoms with Gasteiger partial charge in [0, 0.05) is 5.69 Å². The van der Waals surface area contributed by atoms with Crippen molar-refractivity contribution in [1.82, 2.24) is 20.6 Å². The summed E-state index contributed by atoms with van der Waals surface area (Å²) < 4.78 is 13.1. The molecule has 2 N–H and O–H groups in total. The number of tetrazole rings is 1. The van der Waals surface area contributed by atoms with Crippen molar-refractivity contribution in [1.29, 1.82) is 0 Å². The fraction of sp³-hybridized carbons (Fsp3) is 0.222. The number of carbonyl (C=O) groups is 1. The zero-order valence-electron chi connectivity index (χ0n) is 14.0. The molecule has 0 spiro atoms. The van der Waals surface area contributed by atoms with Gasteiger partial charge in [-0.05, 0) is 49.6 Å². The number of halogens is 1. The van der Waals surface area contributed by atoms with Crippen LogP contribution in [0.2, 0.25) is 0 Å². The summed E-state index contributed by atoms with van der Waals surface area (Å²) in [5, 5.41) is 16.7. The minimum absolute atomic E-state index is 0.238. The quantitative estimate of drug-likeness (QED) is 0.749. The first-order valence-corrected chi connectivity index (χ1v) is 7.89. The maximum Gasteiger partial charge on any atom is 0.235 e. The first-order chi connectivity index (χ1) is 12.0. The van der Waals surface area contributed by atoms with E-state index in [1.165, 1.54) is 12.1 Å². The van der Waals surface area contributed by atoms with E-state index in [-0.39, 0.29) is 11.7 Å². The molecule has 6 nitrogen and oxygen atoms in total. The molecule has 25 heavy (non-hydrogen) atoms. The highest BCUT2D eigenvalue weighted by Crippen LogP contribution is 2.22. The summed E-state index contributed by atoms with van der Waals surface area (Å²) in [6.45, 7) is 3.93. The molecule has 128 valence electrons. The predicted molar refractivity (Wildman–Crippen MR) is 91.6 cm³/mol. The molecular formula is C18H18FN5O. The summed E-state index contributed by atoms with van der Waals surface area (Å²) in [7, 11) is 0. The largest absolute Gasteiger partial charge is 0.325 e. The lowest BCUT2D eigenvalue weighted by Gasteiger charge is -2.15. The van der Waals surface area contributed by atoms with Gasteiger partial charge in [-0.25, -0.2) is 4.39 Å². The van der Waals surface area contributed by atoms with Crippen LogP contribution in [0.15, 0.2) is 42.5 Å². The number of H-pyrrole nitrogens is 1. The molecule has 1 heterocycles. The van der Waals surface area contributed by atoms with Crippen LogP contribution in [0.1, 0.15) is 28.4 Å². The zero-order chi connectivity index (χ0) is 17.8. The summed E-state index contributed by atoms with van der Waals surface area (Å²) in [4.78, 5) is 12.8. The van der Waals surface area contributed by atoms with Crippen molar-refractivity contribution < 1.29 is 9.18 Å². The summed E-state index contributed by atoms with van der Waals surface area (Å²) in [5.41, 5.74) is 3.65. The van der Waals surface area contributed by atoms with E-state index in [1.807, 2.05) is 32.0 Å². The maximum absolute atomic E-state index is 13.1. The van der Waals surface area contributed by atoms with E-state index >= 15 is 0 Å². The summed E-state index contributed by atoms with van der Waals surface area (Å²) >= 11 is 0. The smallest absolute Gasteiger partial charge is 0.235 e. The van der Waals surface area contributed by atoms with Crippen molar-refractivity contribution in [2.75, 3.05) is 5.32 Å². The van der Waals surface area contributed by atoms with E-state index in [9.17, 15) is 9.18 Å². The number of benzene rings is 2. The van der Waals surface area contributed by atoms with Crippen LogP contribution in [0.4, 0.5) is 10.1 Å². The number of rotatable bonds is 5. The third-order valence-electron chi connectivity index (χ3n) is 3.98. The third-order valence-corrected chi connectivity index (χ3v) is 3.98. The molecular weight excluding hydrogens is 321 g/mol. The number of aromatic nitrogens is 4. The summed E-state index contributed by atoms with van der Waals surface area (Å²) in [6.07, 6.45) is 0.344. The van der Waals surface area contributed by atoms with Crippen molar-refractivity contribution in [2.24, 2.45) is 0 Å². The van der Waals surface area contributed by atoms with Crippen molar-refractivity contribution in [2.45, 2.75) is 26.2 Å². The first kappa shape index (κ1) is 16.8. The van der Waals surface area contributed by atoms with Crippen molar-refractivity contribution in [3.63, 3.8) is 0 Å². The Morgan fingerprint density at radius 1 is 1.20 bits per heavy atom. The molecule has 0 saturated carbocycles. The number of carbonyl (C=O) groups excluding carboxylic acids is 1. The predicted octanol–water partition coefficient (Wildman–Crippen LogP) is 2.92. The van der Waals surface area contributed by atoms with Gasteiger partial charge in [0.05, 0.1) is 0 Å². The van der Waals surface area contributed by atoms with Crippen LogP contribution in [0.5, 0.6) is 0 Å². The SMILES string of the molecule is Cc1ccc(NC(=O)[C@H](Cc2ccc(F)cc2)c2nn[nH]n2)c(C)c1. The topological polar surface area (TPSA) is 83.6 Å². The van der Waals surface area contributed by atoms with Gasteiger partial charge in [0.2, 0.25) is 5.91 Å². The number of hydrogen-bond acceptors (Lipinski definition) is 4. The molecule has 0 unspecified atom stereocenters. The van der Waals surface area contributed by atoms with E-state index in [1.54, 1.807) is 12.1 Å². The van der Waals surface area contributed by atoms with Gasteiger partial charge in [0.25, 0.3) is 0 Å². The number of aromatic amines is 1. The Kier molecular flexibility index (Phi) is 4.83. The minimum atomic E-state index is -0.634. The molecule has 3 rings (SSSR count). The average Bonchev–Trinajstić information content (AvgIpc) is 3.11. The molecule has 1 atom stereocenters. The molecule has 0 fully saturated rings. The van der Waals surface area contributed by atoms with Crippen LogP contribution < -0.4 is 5.32 Å². The van der Waals surface area contributed by atoms with Crippen LogP contribution in [0, 0.1) is 19.7 Å². The van der Waals surface area contributed by atoms with Crippen LogP contribution in [0.3, 0.4) is 0 Å². The van der Waals surface area contributed by atoms with Crippen LogP contribution in [0.25, 0.3) is 0 Å². The van der Waals surface area contributed by atoms with Gasteiger partial charge in [-0.1, -0.05) is 35.0 Å². The highest BCUT2D eigenvalue weighted by atomic mass is 19.1. The Morgan fingerprint density at radius 3 is 2.60 bits per heavy atom. The van der Waals surface area contributed by atoms with E-state index in [0.29, 0.717) is 12.2 Å². The lowest BCUT2D eigenvalue weighted by Crippen LogP contribution is -2.24. The Morgan fingerprint density at radius 2 is 1.96 bits per heavy atom. The molecule has 0 aliphatic carbocycles. The number of hydrogen-bond donors (Lipinski definition) is 2. The molecule has 0 bridgehead atoms. The van der Waals surface area contributed by atoms with E-state index < -0.39 is 5.92 Å². The van der Waals surface area contributed by atoms with Crippen molar-refractivity contribution in [3.05, 3.63) is 70.8 Å². The Hall–Kier alpha value is -3.09. The molecule has 3 aromatic rings. The van der Waals surface area contributed by atoms with Gasteiger partial charge in [-0.15, -0.1) is 10.2 Å². The number of amides is 1. The number of aryl methyl sites for hydroxylation is 2. The van der Waals surface area contributed by atoms with Crippen LogP contribution >= 0.6 is 0 Å². The highest BCUT2D eigenvalue weighted by Gasteiger charge is 2.25. The second kappa shape index (κ2) is 7.21. The van der Waals surface area contributed by atoms with Crippen molar-refractivity contribution >= 4 is 11.6 Å². The average molecular weight is 339 g/mol. The lowest BCUT2D eigenvalue weighted by atomic mass is 9.97. The molecule has 7 heteroatoms. The van der Waals surface area contributed by atoms with Crippen LogP contribution in [-0.4, -0.2) is 26.5 Å². The minimum Gasteiger partial charge on any atom is -0.325 e. The van der Waals surface area contributed by atoms with E-state index in [4.69, 9.17) is 0 Å². The monoisotopic (exact) mass is 339 g/mol. The van der Waals surface area contributed by atoms with E-state index in [2.05, 4.69) is 25.9 Å². The van der Waals surface area contributed by atoms with Gasteiger partial charge in [-0.2, -0.15) is 5.21 Å². The summed E-state index contributed by atoms with van der Waals surface area (Å²) in [6, 6.07) is 11.8. The molecule has 2 aromatic carbocycles. The highest BCUT2D eigenvalue weighted by molar-refractivity contribution is 5.96. The number of nitrogens with one attached hydrogen (secondary N) is 2. The van der Waals surface area contributed by atoms with Crippen molar-refractivity contribution in [3.8, 4) is 0 Å². The standard InChI is InChI=1S/C18H18FN5O/c1-11-3-8-16(12(2)9-11)20-18(25)15(17-21-23-24-22-17)10-13-4-6-14(19)7-5-13/h3-9,15H,10H2,1-2H3,(H,20,25)(H,21,22,23,24)/t15-/m1/s1. The molecule has 0 radical (unpaired) electrons. The Labute approximate surface area is 144 Å². The molecule has 0 aliphatic heterocycles. The normalized spacial score (nSPS) is 12.0. The third kappa shape index (κ3) is 4.06. The van der Waals surface area contributed by atoms with Gasteiger partial charge < -0.3 is 5.32 Å². The fourth-order valence-electron chi connectivity index (χ4n) is 2.65. The fourth-order valence-corrected chi connectivity index (χ4v) is 2.65. The molecule has 1 amide bonds. The second-order valence-electron chi connectivity index (χ2n) is 5.96. The van der Waals surface area contributed by atoms with Gasteiger partial charge in [0.1, 0.15) is 11.7 Å². The Balaban J connectivity index is 1.83. The van der Waals surface area contributed by atoms with E-state index in [0.717, 1.165) is 22.4 Å². The van der Waals surface area contributed by atoms with Gasteiger partial charge in [-0.3, -0.25) is 4.79 Å². The molecule has 0 aliphatic rings. The zero-order valence-corrected chi connectivity index (χ0v) is 14.0.